The maximum atomic E-state index is 11.8. The maximum Gasteiger partial charge on any atom is 0.190 e. The number of ether oxygens (including phenoxy) is 1. The van der Waals surface area contributed by atoms with E-state index >= 15 is 0 Å². The van der Waals surface area contributed by atoms with E-state index in [-0.39, 0.29) is 11.9 Å². The van der Waals surface area contributed by atoms with Gasteiger partial charge in [0.1, 0.15) is 18.0 Å². The molecule has 3 nitrogen and oxygen atoms in total. The Labute approximate surface area is 115 Å². The van der Waals surface area contributed by atoms with Gasteiger partial charge in [-0.1, -0.05) is 32.3 Å². The molecule has 0 aromatic carbocycles. The SMILES string of the molecule is CCCCCC/C=C/[C@@H]1CC2=C(CC[C@H](O)C2=O)O1. The van der Waals surface area contributed by atoms with Gasteiger partial charge in [0.2, 0.25) is 0 Å². The topological polar surface area (TPSA) is 46.5 Å². The highest BCUT2D eigenvalue weighted by Gasteiger charge is 2.35. The van der Waals surface area contributed by atoms with E-state index in [1.165, 1.54) is 25.7 Å². The van der Waals surface area contributed by atoms with Crippen molar-refractivity contribution in [3.8, 4) is 0 Å². The van der Waals surface area contributed by atoms with Crippen LogP contribution >= 0.6 is 0 Å². The standard InChI is InChI=1S/C16H24O3/c1-2-3-4-5-6-7-8-12-11-13-15(19-12)10-9-14(17)16(13)18/h7-8,12,14,17H,2-6,9-11H2,1H3/b8-7+/t12-,14+/m1/s1. The van der Waals surface area contributed by atoms with Gasteiger partial charge in [-0.25, -0.2) is 0 Å². The first-order chi connectivity index (χ1) is 9.22. The Hall–Kier alpha value is -1.09. The van der Waals surface area contributed by atoms with E-state index in [2.05, 4.69) is 19.1 Å². The molecular formula is C16H24O3. The van der Waals surface area contributed by atoms with Crippen molar-refractivity contribution in [2.24, 2.45) is 0 Å². The minimum Gasteiger partial charge on any atom is -0.490 e. The number of ketones is 1. The van der Waals surface area contributed by atoms with Crippen molar-refractivity contribution >= 4 is 5.78 Å². The van der Waals surface area contributed by atoms with E-state index in [9.17, 15) is 9.90 Å². The first-order valence-corrected chi connectivity index (χ1v) is 7.50. The van der Waals surface area contributed by atoms with Gasteiger partial charge in [0, 0.05) is 18.4 Å². The minimum absolute atomic E-state index is 0.00502. The van der Waals surface area contributed by atoms with Gasteiger partial charge in [0.15, 0.2) is 5.78 Å². The molecule has 0 bridgehead atoms. The molecule has 0 fully saturated rings. The third kappa shape index (κ3) is 3.69. The van der Waals surface area contributed by atoms with Crippen molar-refractivity contribution in [1.82, 2.24) is 0 Å². The number of rotatable bonds is 6. The molecular weight excluding hydrogens is 240 g/mol. The molecule has 0 saturated carbocycles. The van der Waals surface area contributed by atoms with Crippen molar-refractivity contribution in [3.05, 3.63) is 23.5 Å². The van der Waals surface area contributed by atoms with Crippen LogP contribution in [-0.4, -0.2) is 23.1 Å². The van der Waals surface area contributed by atoms with Gasteiger partial charge in [-0.2, -0.15) is 0 Å². The Bertz CT molecular complexity index is 381. The molecule has 0 amide bonds. The van der Waals surface area contributed by atoms with E-state index in [4.69, 9.17) is 4.74 Å². The van der Waals surface area contributed by atoms with Crippen molar-refractivity contribution in [3.63, 3.8) is 0 Å². The monoisotopic (exact) mass is 264 g/mol. The average Bonchev–Trinajstić information content (AvgIpc) is 2.82. The second-order valence-corrected chi connectivity index (χ2v) is 5.46. The third-order valence-electron chi connectivity index (χ3n) is 3.86. The van der Waals surface area contributed by atoms with E-state index in [1.54, 1.807) is 0 Å². The van der Waals surface area contributed by atoms with E-state index in [0.29, 0.717) is 19.3 Å². The Morgan fingerprint density at radius 1 is 1.37 bits per heavy atom. The first-order valence-electron chi connectivity index (χ1n) is 7.50. The van der Waals surface area contributed by atoms with Gasteiger partial charge in [-0.05, 0) is 25.3 Å². The lowest BCUT2D eigenvalue weighted by atomic mass is 9.92. The Morgan fingerprint density at radius 3 is 3.00 bits per heavy atom. The van der Waals surface area contributed by atoms with Crippen molar-refractivity contribution in [1.29, 1.82) is 0 Å². The van der Waals surface area contributed by atoms with Crippen LogP contribution in [0.2, 0.25) is 0 Å². The molecule has 106 valence electrons. The molecule has 1 heterocycles. The van der Waals surface area contributed by atoms with Crippen LogP contribution in [0.15, 0.2) is 23.5 Å². The molecule has 19 heavy (non-hydrogen) atoms. The zero-order chi connectivity index (χ0) is 13.7. The van der Waals surface area contributed by atoms with Crippen LogP contribution in [0.5, 0.6) is 0 Å². The summed E-state index contributed by atoms with van der Waals surface area (Å²) in [6, 6.07) is 0. The summed E-state index contributed by atoms with van der Waals surface area (Å²) in [6.07, 6.45) is 11.4. The molecule has 2 atom stereocenters. The summed E-state index contributed by atoms with van der Waals surface area (Å²) in [6.45, 7) is 2.21. The molecule has 1 aliphatic carbocycles. The summed E-state index contributed by atoms with van der Waals surface area (Å²) in [4.78, 5) is 11.8. The molecule has 3 heteroatoms. The quantitative estimate of drug-likeness (QED) is 0.591. The summed E-state index contributed by atoms with van der Waals surface area (Å²) in [5.74, 6) is 0.691. The Balaban J connectivity index is 1.75. The number of carbonyl (C=O) groups is 1. The van der Waals surface area contributed by atoms with E-state index in [1.807, 2.05) is 0 Å². The predicted molar refractivity (Wildman–Crippen MR) is 74.7 cm³/mol. The third-order valence-corrected chi connectivity index (χ3v) is 3.86. The maximum absolute atomic E-state index is 11.8. The highest BCUT2D eigenvalue weighted by molar-refractivity contribution is 6.00. The fourth-order valence-electron chi connectivity index (χ4n) is 2.70. The number of hydrogen-bond acceptors (Lipinski definition) is 3. The lowest BCUT2D eigenvalue weighted by Gasteiger charge is -2.16. The van der Waals surface area contributed by atoms with Crippen molar-refractivity contribution in [2.75, 3.05) is 0 Å². The summed E-state index contributed by atoms with van der Waals surface area (Å²) < 4.78 is 5.77. The zero-order valence-corrected chi connectivity index (χ0v) is 11.7. The van der Waals surface area contributed by atoms with Crippen LogP contribution in [0.4, 0.5) is 0 Å². The summed E-state index contributed by atoms with van der Waals surface area (Å²) in [5, 5.41) is 9.55. The van der Waals surface area contributed by atoms with Crippen LogP contribution in [0.1, 0.15) is 58.3 Å². The van der Waals surface area contributed by atoms with E-state index < -0.39 is 6.10 Å². The lowest BCUT2D eigenvalue weighted by molar-refractivity contribution is -0.124. The summed E-state index contributed by atoms with van der Waals surface area (Å²) in [7, 11) is 0. The van der Waals surface area contributed by atoms with Gasteiger partial charge < -0.3 is 9.84 Å². The zero-order valence-electron chi connectivity index (χ0n) is 11.7. The van der Waals surface area contributed by atoms with Gasteiger partial charge >= 0.3 is 0 Å². The second-order valence-electron chi connectivity index (χ2n) is 5.46. The molecule has 0 aromatic heterocycles. The molecule has 1 N–H and O–H groups in total. The molecule has 1 aliphatic heterocycles. The second kappa shape index (κ2) is 6.90. The van der Waals surface area contributed by atoms with Crippen LogP contribution in [0.25, 0.3) is 0 Å². The number of carbonyl (C=O) groups excluding carboxylic acids is 1. The lowest BCUT2D eigenvalue weighted by Crippen LogP contribution is -2.25. The largest absolute Gasteiger partial charge is 0.490 e. The minimum atomic E-state index is -0.806. The van der Waals surface area contributed by atoms with Gasteiger partial charge in [0.05, 0.1) is 0 Å². The molecule has 0 saturated heterocycles. The van der Waals surface area contributed by atoms with Crippen LogP contribution in [0, 0.1) is 0 Å². The number of unbranched alkanes of at least 4 members (excludes halogenated alkanes) is 4. The fourth-order valence-corrected chi connectivity index (χ4v) is 2.70. The summed E-state index contributed by atoms with van der Waals surface area (Å²) >= 11 is 0. The van der Waals surface area contributed by atoms with Crippen molar-refractivity contribution in [2.45, 2.75) is 70.5 Å². The predicted octanol–water partition coefficient (Wildman–Crippen LogP) is 3.28. The Kier molecular flexibility index (Phi) is 5.20. The highest BCUT2D eigenvalue weighted by atomic mass is 16.5. The highest BCUT2D eigenvalue weighted by Crippen LogP contribution is 2.34. The average molecular weight is 264 g/mol. The molecule has 2 aliphatic rings. The number of aliphatic hydroxyl groups is 1. The van der Waals surface area contributed by atoms with Gasteiger partial charge in [0.25, 0.3) is 0 Å². The van der Waals surface area contributed by atoms with Crippen LogP contribution in [-0.2, 0) is 9.53 Å². The fraction of sp³-hybridized carbons (Fsp3) is 0.688. The normalized spacial score (nSPS) is 26.9. The molecule has 0 unspecified atom stereocenters. The molecule has 0 aromatic rings. The number of Topliss-reactive ketones (excluding diaryl/α,β-unsaturated/α-hetero) is 1. The molecule has 0 radical (unpaired) electrons. The Morgan fingerprint density at radius 2 is 2.21 bits per heavy atom. The van der Waals surface area contributed by atoms with E-state index in [0.717, 1.165) is 17.8 Å². The van der Waals surface area contributed by atoms with Gasteiger partial charge in [-0.15, -0.1) is 0 Å². The van der Waals surface area contributed by atoms with Crippen molar-refractivity contribution < 1.29 is 14.6 Å². The smallest absolute Gasteiger partial charge is 0.190 e. The summed E-state index contributed by atoms with van der Waals surface area (Å²) in [5.41, 5.74) is 0.722. The number of hydrogen-bond donors (Lipinski definition) is 1. The first kappa shape index (κ1) is 14.3. The molecule has 0 spiro atoms. The van der Waals surface area contributed by atoms with Crippen LogP contribution < -0.4 is 0 Å². The number of allylic oxidation sites excluding steroid dienone is 2. The van der Waals surface area contributed by atoms with Gasteiger partial charge in [-0.3, -0.25) is 4.79 Å². The number of aliphatic hydroxyl groups excluding tert-OH is 1. The molecule has 2 rings (SSSR count). The van der Waals surface area contributed by atoms with Crippen LogP contribution in [0.3, 0.4) is 0 Å².